The van der Waals surface area contributed by atoms with Gasteiger partial charge in [0.25, 0.3) is 0 Å². The minimum atomic E-state index is 0.612. The third-order valence-corrected chi connectivity index (χ3v) is 3.30. The molecule has 2 aromatic rings. The molecule has 0 radical (unpaired) electrons. The molecule has 3 nitrogen and oxygen atoms in total. The second-order valence-electron chi connectivity index (χ2n) is 3.52. The highest BCUT2D eigenvalue weighted by atomic mass is 79.9. The van der Waals surface area contributed by atoms with E-state index < -0.39 is 0 Å². The Kier molecular flexibility index (Phi) is 4.28. The number of amides is 1. The Morgan fingerprint density at radius 2 is 1.83 bits per heavy atom. The van der Waals surface area contributed by atoms with Crippen LogP contribution < -0.4 is 9.50 Å². The molecular weight excluding hydrogens is 314 g/mol. The van der Waals surface area contributed by atoms with Crippen LogP contribution in [0.15, 0.2) is 46.9 Å². The average molecular weight is 324 g/mol. The van der Waals surface area contributed by atoms with Gasteiger partial charge in [0.05, 0.1) is 4.47 Å². The predicted molar refractivity (Wildman–Crippen MR) is 78.9 cm³/mol. The van der Waals surface area contributed by atoms with Crippen LogP contribution in [0, 0.1) is 0 Å². The van der Waals surface area contributed by atoms with Gasteiger partial charge in [-0.2, -0.15) is 0 Å². The largest absolute Gasteiger partial charge is 0.427 e. The molecule has 0 saturated heterocycles. The second-order valence-corrected chi connectivity index (χ2v) is 4.55. The highest BCUT2D eigenvalue weighted by Gasteiger charge is 2.12. The molecule has 5 heteroatoms. The monoisotopic (exact) mass is 323 g/mol. The van der Waals surface area contributed by atoms with Gasteiger partial charge in [-0.15, -0.1) is 0 Å². The number of hydrogen-bond acceptors (Lipinski definition) is 3. The summed E-state index contributed by atoms with van der Waals surface area (Å²) in [5, 5.41) is 2.67. The van der Waals surface area contributed by atoms with Crippen LogP contribution >= 0.6 is 28.8 Å². The SMILES string of the molecule is O=CNc1ccccc1-c1cccc(Br)c1OS. The van der Waals surface area contributed by atoms with E-state index in [1.54, 1.807) is 0 Å². The van der Waals surface area contributed by atoms with Gasteiger partial charge in [0, 0.05) is 29.7 Å². The first kappa shape index (κ1) is 13.0. The topological polar surface area (TPSA) is 38.3 Å². The van der Waals surface area contributed by atoms with Crippen LogP contribution in [0.5, 0.6) is 5.75 Å². The zero-order valence-corrected chi connectivity index (χ0v) is 11.7. The normalized spacial score (nSPS) is 9.89. The lowest BCUT2D eigenvalue weighted by atomic mass is 10.0. The molecule has 0 saturated carbocycles. The predicted octanol–water partition coefficient (Wildman–Crippen LogP) is 3.91. The van der Waals surface area contributed by atoms with E-state index in [1.165, 1.54) is 0 Å². The molecule has 0 spiro atoms. The lowest BCUT2D eigenvalue weighted by Crippen LogP contribution is -1.96. The summed E-state index contributed by atoms with van der Waals surface area (Å²) in [4.78, 5) is 10.6. The number of hydrogen-bond donors (Lipinski definition) is 2. The lowest BCUT2D eigenvalue weighted by Gasteiger charge is -2.12. The van der Waals surface area contributed by atoms with Crippen LogP contribution in [0.2, 0.25) is 0 Å². The molecule has 0 atom stereocenters. The van der Waals surface area contributed by atoms with E-state index in [1.807, 2.05) is 42.5 Å². The van der Waals surface area contributed by atoms with E-state index in [0.29, 0.717) is 12.2 Å². The molecule has 0 aromatic heterocycles. The first-order valence-electron chi connectivity index (χ1n) is 5.17. The van der Waals surface area contributed by atoms with Crippen LogP contribution in [0.3, 0.4) is 0 Å². The number of rotatable bonds is 4. The smallest absolute Gasteiger partial charge is 0.211 e. The molecule has 1 amide bonds. The highest BCUT2D eigenvalue weighted by Crippen LogP contribution is 2.39. The fourth-order valence-corrected chi connectivity index (χ4v) is 2.49. The van der Waals surface area contributed by atoms with Gasteiger partial charge >= 0.3 is 0 Å². The highest BCUT2D eigenvalue weighted by molar-refractivity contribution is 9.10. The number of benzene rings is 2. The van der Waals surface area contributed by atoms with Gasteiger partial charge in [0.1, 0.15) is 0 Å². The maximum atomic E-state index is 10.6. The number of carbonyl (C=O) groups excluding carboxylic acids is 1. The molecule has 0 unspecified atom stereocenters. The number of carbonyl (C=O) groups is 1. The molecule has 0 aliphatic carbocycles. The Labute approximate surface area is 119 Å². The lowest BCUT2D eigenvalue weighted by molar-refractivity contribution is -0.105. The van der Waals surface area contributed by atoms with Gasteiger partial charge in [0.15, 0.2) is 5.75 Å². The van der Waals surface area contributed by atoms with Crippen molar-refractivity contribution in [1.29, 1.82) is 0 Å². The molecule has 2 aromatic carbocycles. The van der Waals surface area contributed by atoms with E-state index in [-0.39, 0.29) is 0 Å². The van der Waals surface area contributed by atoms with Gasteiger partial charge in [-0.05, 0) is 28.1 Å². The Balaban J connectivity index is 2.61. The van der Waals surface area contributed by atoms with E-state index in [0.717, 1.165) is 21.3 Å². The van der Waals surface area contributed by atoms with Crippen molar-refractivity contribution < 1.29 is 8.98 Å². The molecule has 18 heavy (non-hydrogen) atoms. The summed E-state index contributed by atoms with van der Waals surface area (Å²) in [5.74, 6) is 0.612. The summed E-state index contributed by atoms with van der Waals surface area (Å²) in [5.41, 5.74) is 2.44. The fourth-order valence-electron chi connectivity index (χ4n) is 1.72. The molecule has 0 aliphatic heterocycles. The summed E-state index contributed by atoms with van der Waals surface area (Å²) in [6, 6.07) is 13.2. The van der Waals surface area contributed by atoms with Crippen molar-refractivity contribution in [2.75, 3.05) is 5.32 Å². The van der Waals surface area contributed by atoms with Crippen LogP contribution in [0.1, 0.15) is 0 Å². The Morgan fingerprint density at radius 1 is 1.11 bits per heavy atom. The summed E-state index contributed by atoms with van der Waals surface area (Å²) in [6.07, 6.45) is 0.651. The molecule has 1 N–H and O–H groups in total. The maximum absolute atomic E-state index is 10.6. The molecule has 0 aliphatic rings. The maximum Gasteiger partial charge on any atom is 0.211 e. The van der Waals surface area contributed by atoms with Gasteiger partial charge in [-0.25, -0.2) is 0 Å². The van der Waals surface area contributed by atoms with Crippen molar-refractivity contribution in [1.82, 2.24) is 0 Å². The summed E-state index contributed by atoms with van der Waals surface area (Å²) < 4.78 is 5.90. The van der Waals surface area contributed by atoms with Crippen molar-refractivity contribution in [3.63, 3.8) is 0 Å². The standard InChI is InChI=1S/C13H10BrNO2S/c14-11-6-3-5-10(13(11)17-18)9-4-1-2-7-12(9)15-8-16/h1-8,18H,(H,15,16). The van der Waals surface area contributed by atoms with E-state index in [9.17, 15) is 4.79 Å². The van der Waals surface area contributed by atoms with Crippen molar-refractivity contribution in [3.8, 4) is 16.9 Å². The first-order chi connectivity index (χ1) is 8.77. The Morgan fingerprint density at radius 3 is 2.56 bits per heavy atom. The number of halogens is 1. The van der Waals surface area contributed by atoms with Crippen LogP contribution in [-0.4, -0.2) is 6.41 Å². The molecule has 0 fully saturated rings. The molecule has 2 rings (SSSR count). The summed E-state index contributed by atoms with van der Waals surface area (Å²) in [6.45, 7) is 0. The number of anilines is 1. The Bertz CT molecular complexity index is 575. The molecule has 0 heterocycles. The van der Waals surface area contributed by atoms with E-state index >= 15 is 0 Å². The molecule has 92 valence electrons. The van der Waals surface area contributed by atoms with Gasteiger partial charge in [-0.1, -0.05) is 30.3 Å². The second kappa shape index (κ2) is 5.93. The van der Waals surface area contributed by atoms with E-state index in [4.69, 9.17) is 4.18 Å². The average Bonchev–Trinajstić information content (AvgIpc) is 2.39. The fraction of sp³-hybridized carbons (Fsp3) is 0. The molecule has 0 bridgehead atoms. The number of nitrogens with one attached hydrogen (secondary N) is 1. The summed E-state index contributed by atoms with van der Waals surface area (Å²) >= 11 is 7.27. The summed E-state index contributed by atoms with van der Waals surface area (Å²) in [7, 11) is 0. The zero-order valence-electron chi connectivity index (χ0n) is 9.26. The van der Waals surface area contributed by atoms with Crippen molar-refractivity contribution in [2.45, 2.75) is 0 Å². The Hall–Kier alpha value is -1.46. The van der Waals surface area contributed by atoms with Gasteiger partial charge < -0.3 is 9.50 Å². The van der Waals surface area contributed by atoms with Crippen molar-refractivity contribution in [2.24, 2.45) is 0 Å². The first-order valence-corrected chi connectivity index (χ1v) is 6.33. The quantitative estimate of drug-likeness (QED) is 0.508. The minimum absolute atomic E-state index is 0.612. The van der Waals surface area contributed by atoms with Gasteiger partial charge in [-0.3, -0.25) is 4.79 Å². The third-order valence-electron chi connectivity index (χ3n) is 2.49. The molecular formula is C13H10BrNO2S. The number of para-hydroxylation sites is 2. The van der Waals surface area contributed by atoms with Crippen molar-refractivity contribution in [3.05, 3.63) is 46.9 Å². The third kappa shape index (κ3) is 2.52. The zero-order chi connectivity index (χ0) is 13.0. The minimum Gasteiger partial charge on any atom is -0.427 e. The van der Waals surface area contributed by atoms with Crippen LogP contribution in [0.25, 0.3) is 11.1 Å². The van der Waals surface area contributed by atoms with E-state index in [2.05, 4.69) is 34.2 Å². The van der Waals surface area contributed by atoms with Crippen LogP contribution in [-0.2, 0) is 4.79 Å². The van der Waals surface area contributed by atoms with Crippen LogP contribution in [0.4, 0.5) is 5.69 Å². The van der Waals surface area contributed by atoms with Crippen molar-refractivity contribution >= 4 is 40.9 Å². The van der Waals surface area contributed by atoms with Gasteiger partial charge in [0.2, 0.25) is 6.41 Å². The number of thiol groups is 1.